The molecule has 0 spiro atoms. The van der Waals surface area contributed by atoms with Crippen molar-refractivity contribution in [3.63, 3.8) is 0 Å². The van der Waals surface area contributed by atoms with E-state index in [-0.39, 0.29) is 7.92 Å². The zero-order valence-corrected chi connectivity index (χ0v) is 15.6. The van der Waals surface area contributed by atoms with Gasteiger partial charge in [0.1, 0.15) is 0 Å². The quantitative estimate of drug-likeness (QED) is 0.542. The summed E-state index contributed by atoms with van der Waals surface area (Å²) < 4.78 is 0. The van der Waals surface area contributed by atoms with Gasteiger partial charge in [-0.2, -0.15) is 0 Å². The highest BCUT2D eigenvalue weighted by Gasteiger charge is 2.37. The van der Waals surface area contributed by atoms with Crippen molar-refractivity contribution in [2.45, 2.75) is 100 Å². The predicted octanol–water partition coefficient (Wildman–Crippen LogP) is 6.69. The molecule has 1 heteroatoms. The molecule has 2 fully saturated rings. The molecule has 4 rings (SSSR count). The van der Waals surface area contributed by atoms with E-state index in [0.29, 0.717) is 0 Å². The molecule has 3 aliphatic rings. The Labute approximate surface area is 144 Å². The molecule has 3 aliphatic carbocycles. The molecule has 0 saturated heterocycles. The third-order valence-corrected chi connectivity index (χ3v) is 10.7. The van der Waals surface area contributed by atoms with Crippen LogP contribution >= 0.6 is 7.92 Å². The van der Waals surface area contributed by atoms with Gasteiger partial charge in [-0.05, 0) is 73.0 Å². The van der Waals surface area contributed by atoms with E-state index in [2.05, 4.69) is 24.3 Å². The van der Waals surface area contributed by atoms with E-state index in [4.69, 9.17) is 0 Å². The second-order valence-corrected chi connectivity index (χ2v) is 11.3. The molecule has 0 aromatic heterocycles. The average molecular weight is 328 g/mol. The molecular formula is C22H33P. The first-order chi connectivity index (χ1) is 11.4. The fourth-order valence-corrected chi connectivity index (χ4v) is 10.1. The van der Waals surface area contributed by atoms with E-state index >= 15 is 0 Å². The van der Waals surface area contributed by atoms with Gasteiger partial charge in [0.15, 0.2) is 0 Å². The van der Waals surface area contributed by atoms with Gasteiger partial charge in [0.25, 0.3) is 0 Å². The van der Waals surface area contributed by atoms with Crippen molar-refractivity contribution >= 4 is 7.92 Å². The molecule has 1 aromatic rings. The lowest BCUT2D eigenvalue weighted by molar-refractivity contribution is 0.477. The molecule has 0 N–H and O–H groups in total. The fraction of sp³-hybridized carbons (Fsp3) is 0.727. The highest BCUT2D eigenvalue weighted by molar-refractivity contribution is 7.60. The van der Waals surface area contributed by atoms with Crippen molar-refractivity contribution in [3.8, 4) is 0 Å². The van der Waals surface area contributed by atoms with Crippen LogP contribution in [0.1, 0.15) is 81.8 Å². The molecule has 0 bridgehead atoms. The van der Waals surface area contributed by atoms with Gasteiger partial charge in [-0.3, -0.25) is 0 Å². The predicted molar refractivity (Wildman–Crippen MR) is 103 cm³/mol. The largest absolute Gasteiger partial charge is 0.0968 e. The number of rotatable bonds is 3. The van der Waals surface area contributed by atoms with Gasteiger partial charge in [0, 0.05) is 0 Å². The number of hydrogen-bond donors (Lipinski definition) is 0. The zero-order valence-electron chi connectivity index (χ0n) is 14.7. The standard InChI is InChI=1S/C22H33P/c1-3-11-20(12-4-1)23(21-13-5-2-6-14-21)22-16-15-18-9-7-8-10-19(18)17-22/h7-10,20-22H,1-6,11-17H2. The Balaban J connectivity index is 1.54. The van der Waals surface area contributed by atoms with Crippen molar-refractivity contribution < 1.29 is 0 Å². The van der Waals surface area contributed by atoms with E-state index < -0.39 is 0 Å². The van der Waals surface area contributed by atoms with Gasteiger partial charge in [-0.1, -0.05) is 70.7 Å². The summed E-state index contributed by atoms with van der Waals surface area (Å²) in [5.41, 5.74) is 6.65. The first-order valence-electron chi connectivity index (χ1n) is 10.3. The lowest BCUT2D eigenvalue weighted by Gasteiger charge is -2.44. The topological polar surface area (TPSA) is 0 Å². The molecule has 0 radical (unpaired) electrons. The molecule has 0 amide bonds. The maximum atomic E-state index is 2.43. The van der Waals surface area contributed by atoms with Crippen LogP contribution in [0.4, 0.5) is 0 Å². The molecule has 0 heterocycles. The van der Waals surface area contributed by atoms with E-state index in [1.165, 1.54) is 57.8 Å². The SMILES string of the molecule is c1ccc2c(c1)CCC(P(C1CCCCC1)C1CCCCC1)C2. The Morgan fingerprint density at radius 2 is 1.17 bits per heavy atom. The first-order valence-corrected chi connectivity index (χ1v) is 11.8. The molecule has 0 aliphatic heterocycles. The Bertz CT molecular complexity index is 478. The van der Waals surface area contributed by atoms with Gasteiger partial charge >= 0.3 is 0 Å². The minimum absolute atomic E-state index is 0.260. The summed E-state index contributed by atoms with van der Waals surface area (Å²) in [6, 6.07) is 9.32. The lowest BCUT2D eigenvalue weighted by atomic mass is 9.91. The summed E-state index contributed by atoms with van der Waals surface area (Å²) in [5.74, 6) is 0. The normalized spacial score (nSPS) is 27.1. The van der Waals surface area contributed by atoms with Crippen LogP contribution < -0.4 is 0 Å². The van der Waals surface area contributed by atoms with Gasteiger partial charge in [0.2, 0.25) is 0 Å². The Morgan fingerprint density at radius 1 is 0.609 bits per heavy atom. The molecule has 0 nitrogen and oxygen atoms in total. The smallest absolute Gasteiger partial charge is 0.0160 e. The van der Waals surface area contributed by atoms with E-state index in [1.54, 1.807) is 36.8 Å². The van der Waals surface area contributed by atoms with Crippen LogP contribution in [0.25, 0.3) is 0 Å². The van der Waals surface area contributed by atoms with Crippen LogP contribution in [0.3, 0.4) is 0 Å². The molecule has 1 aromatic carbocycles. The summed E-state index contributed by atoms with van der Waals surface area (Å²) >= 11 is 0. The van der Waals surface area contributed by atoms with Gasteiger partial charge in [-0.25, -0.2) is 0 Å². The molecule has 126 valence electrons. The van der Waals surface area contributed by atoms with E-state index in [0.717, 1.165) is 17.0 Å². The van der Waals surface area contributed by atoms with Crippen molar-refractivity contribution in [2.75, 3.05) is 0 Å². The van der Waals surface area contributed by atoms with Crippen molar-refractivity contribution in [1.29, 1.82) is 0 Å². The van der Waals surface area contributed by atoms with Crippen molar-refractivity contribution in [1.82, 2.24) is 0 Å². The van der Waals surface area contributed by atoms with Crippen LogP contribution in [0.5, 0.6) is 0 Å². The summed E-state index contributed by atoms with van der Waals surface area (Å²) in [5, 5.41) is 0. The first kappa shape index (κ1) is 16.1. The van der Waals surface area contributed by atoms with E-state index in [1.807, 2.05) is 0 Å². The highest BCUT2D eigenvalue weighted by Crippen LogP contribution is 2.61. The van der Waals surface area contributed by atoms with Crippen LogP contribution in [0, 0.1) is 0 Å². The number of aryl methyl sites for hydroxylation is 1. The Kier molecular flexibility index (Phi) is 5.39. The summed E-state index contributed by atoms with van der Waals surface area (Å²) in [7, 11) is 0.260. The monoisotopic (exact) mass is 328 g/mol. The average Bonchev–Trinajstić information content (AvgIpc) is 2.64. The van der Waals surface area contributed by atoms with Crippen LogP contribution in [-0.2, 0) is 12.8 Å². The molecular weight excluding hydrogens is 295 g/mol. The molecule has 1 unspecified atom stereocenters. The van der Waals surface area contributed by atoms with Crippen LogP contribution in [0.2, 0.25) is 0 Å². The van der Waals surface area contributed by atoms with Gasteiger partial charge in [0.05, 0.1) is 0 Å². The Morgan fingerprint density at radius 3 is 1.78 bits per heavy atom. The molecule has 2 saturated carbocycles. The summed E-state index contributed by atoms with van der Waals surface area (Å²) in [6.07, 6.45) is 19.7. The highest BCUT2D eigenvalue weighted by atomic mass is 31.1. The number of benzene rings is 1. The summed E-state index contributed by atoms with van der Waals surface area (Å²) in [6.45, 7) is 0. The third-order valence-electron chi connectivity index (χ3n) is 6.74. The summed E-state index contributed by atoms with van der Waals surface area (Å²) in [4.78, 5) is 0. The van der Waals surface area contributed by atoms with Crippen LogP contribution in [-0.4, -0.2) is 17.0 Å². The number of fused-ring (bicyclic) bond motifs is 1. The molecule has 1 atom stereocenters. The zero-order chi connectivity index (χ0) is 15.5. The second kappa shape index (κ2) is 7.69. The van der Waals surface area contributed by atoms with E-state index in [9.17, 15) is 0 Å². The second-order valence-electron chi connectivity index (χ2n) is 8.20. The minimum Gasteiger partial charge on any atom is -0.0968 e. The maximum Gasteiger partial charge on any atom is -0.0160 e. The fourth-order valence-electron chi connectivity index (χ4n) is 5.59. The third kappa shape index (κ3) is 3.68. The van der Waals surface area contributed by atoms with Gasteiger partial charge < -0.3 is 0 Å². The van der Waals surface area contributed by atoms with Crippen LogP contribution in [0.15, 0.2) is 24.3 Å². The van der Waals surface area contributed by atoms with Gasteiger partial charge in [-0.15, -0.1) is 0 Å². The maximum absolute atomic E-state index is 2.43. The molecule has 23 heavy (non-hydrogen) atoms. The minimum atomic E-state index is 0.260. The van der Waals surface area contributed by atoms with Crippen molar-refractivity contribution in [2.24, 2.45) is 0 Å². The van der Waals surface area contributed by atoms with Crippen molar-refractivity contribution in [3.05, 3.63) is 35.4 Å². The Hall–Kier alpha value is -0.350. The number of hydrogen-bond acceptors (Lipinski definition) is 0. The lowest BCUT2D eigenvalue weighted by Crippen LogP contribution is -2.30.